The Bertz CT molecular complexity index is 1380. The predicted molar refractivity (Wildman–Crippen MR) is 143 cm³/mol. The number of aliphatic carboxylic acids is 1. The molecule has 0 bridgehead atoms. The fourth-order valence-electron chi connectivity index (χ4n) is 4.30. The van der Waals surface area contributed by atoms with Crippen LogP contribution in [0.2, 0.25) is 10.0 Å². The highest BCUT2D eigenvalue weighted by atomic mass is 35.5. The third-order valence-electron chi connectivity index (χ3n) is 6.46. The Labute approximate surface area is 222 Å². The molecular formula is C25H25Cl2N5O5. The number of aromatic nitrogens is 1. The van der Waals surface area contributed by atoms with Gasteiger partial charge < -0.3 is 25.5 Å². The van der Waals surface area contributed by atoms with Crippen LogP contribution in [-0.4, -0.2) is 66.1 Å². The number of hydrogen-bond donors (Lipinski definition) is 3. The molecule has 37 heavy (non-hydrogen) atoms. The van der Waals surface area contributed by atoms with E-state index < -0.39 is 28.8 Å². The van der Waals surface area contributed by atoms with Crippen LogP contribution in [0.1, 0.15) is 22.3 Å². The maximum absolute atomic E-state index is 12.6. The molecular weight excluding hydrogens is 521 g/mol. The summed E-state index contributed by atoms with van der Waals surface area (Å²) in [6, 6.07) is 5.42. The van der Waals surface area contributed by atoms with E-state index in [0.29, 0.717) is 24.2 Å². The first-order chi connectivity index (χ1) is 17.6. The minimum Gasteiger partial charge on any atom is -0.480 e. The Kier molecular flexibility index (Phi) is 7.82. The third-order valence-corrected chi connectivity index (χ3v) is 7.03. The molecule has 1 aliphatic rings. The second kappa shape index (κ2) is 10.9. The van der Waals surface area contributed by atoms with Crippen LogP contribution in [0.5, 0.6) is 0 Å². The zero-order chi connectivity index (χ0) is 26.9. The molecule has 1 aliphatic heterocycles. The first-order valence-electron chi connectivity index (χ1n) is 11.5. The van der Waals surface area contributed by atoms with Crippen LogP contribution in [0.15, 0.2) is 46.2 Å². The lowest BCUT2D eigenvalue weighted by atomic mass is 10.0. The number of nitrogens with one attached hydrogen (secondary N) is 2. The predicted octanol–water partition coefficient (Wildman–Crippen LogP) is 2.48. The number of carboxylic acids is 1. The van der Waals surface area contributed by atoms with Crippen molar-refractivity contribution < 1.29 is 14.7 Å². The molecule has 2 atom stereocenters. The summed E-state index contributed by atoms with van der Waals surface area (Å²) in [5.74, 6) is -1.63. The number of nitrogens with zero attached hydrogens (tertiary/aromatic N) is 3. The van der Waals surface area contributed by atoms with Crippen molar-refractivity contribution >= 4 is 52.1 Å². The molecule has 0 saturated carbocycles. The fraction of sp³-hybridized carbons (Fsp3) is 0.320. The molecule has 0 aliphatic carbocycles. The summed E-state index contributed by atoms with van der Waals surface area (Å²) in [6.45, 7) is 1.20. The van der Waals surface area contributed by atoms with Crippen molar-refractivity contribution in [3.05, 3.63) is 78.3 Å². The topological polar surface area (TPSA) is 132 Å². The number of carbonyl (C=O) groups is 2. The lowest BCUT2D eigenvalue weighted by molar-refractivity contribution is -0.137. The monoisotopic (exact) mass is 545 g/mol. The molecule has 0 unspecified atom stereocenters. The van der Waals surface area contributed by atoms with Crippen molar-refractivity contribution in [2.24, 2.45) is 0 Å². The van der Waals surface area contributed by atoms with Gasteiger partial charge in [0.2, 0.25) is 0 Å². The SMILES string of the molecule is CN(C)[C@H]1CCN(c2c(N[C@@H](Cc3ccc(C(=O)Nc4c(Cl)cncc4Cl)cc3)C(=O)O)c(=O)c2=O)C1. The van der Waals surface area contributed by atoms with Crippen LogP contribution in [-0.2, 0) is 11.2 Å². The molecule has 194 valence electrons. The number of hydrogen-bond acceptors (Lipinski definition) is 8. The van der Waals surface area contributed by atoms with Gasteiger partial charge in [-0.15, -0.1) is 0 Å². The van der Waals surface area contributed by atoms with E-state index >= 15 is 0 Å². The molecule has 0 radical (unpaired) electrons. The number of rotatable bonds is 9. The molecule has 1 saturated heterocycles. The van der Waals surface area contributed by atoms with Crippen molar-refractivity contribution in [2.75, 3.05) is 42.7 Å². The fourth-order valence-corrected chi connectivity index (χ4v) is 4.76. The molecule has 1 aromatic heterocycles. The lowest BCUT2D eigenvalue weighted by Gasteiger charge is -2.26. The Morgan fingerprint density at radius 3 is 2.32 bits per heavy atom. The Morgan fingerprint density at radius 1 is 1.11 bits per heavy atom. The molecule has 3 aromatic rings. The molecule has 1 amide bonds. The summed E-state index contributed by atoms with van der Waals surface area (Å²) in [6.07, 6.45) is 3.58. The van der Waals surface area contributed by atoms with Crippen LogP contribution >= 0.6 is 23.2 Å². The van der Waals surface area contributed by atoms with Crippen molar-refractivity contribution in [3.63, 3.8) is 0 Å². The average molecular weight is 546 g/mol. The number of amides is 1. The van der Waals surface area contributed by atoms with Gasteiger partial charge in [0, 0.05) is 43.5 Å². The first kappa shape index (κ1) is 26.6. The van der Waals surface area contributed by atoms with Crippen LogP contribution in [0, 0.1) is 0 Å². The highest BCUT2D eigenvalue weighted by molar-refractivity contribution is 6.39. The second-order valence-corrected chi connectivity index (χ2v) is 9.92. The van der Waals surface area contributed by atoms with E-state index in [9.17, 15) is 24.3 Å². The smallest absolute Gasteiger partial charge is 0.326 e. The van der Waals surface area contributed by atoms with Crippen molar-refractivity contribution in [3.8, 4) is 0 Å². The molecule has 1 fully saturated rings. The zero-order valence-electron chi connectivity index (χ0n) is 20.1. The summed E-state index contributed by atoms with van der Waals surface area (Å²) < 4.78 is 0. The van der Waals surface area contributed by atoms with E-state index in [1.807, 2.05) is 19.0 Å². The lowest BCUT2D eigenvalue weighted by Crippen LogP contribution is -2.45. The van der Waals surface area contributed by atoms with Crippen molar-refractivity contribution in [1.29, 1.82) is 0 Å². The zero-order valence-corrected chi connectivity index (χ0v) is 21.6. The van der Waals surface area contributed by atoms with E-state index in [-0.39, 0.29) is 39.6 Å². The van der Waals surface area contributed by atoms with Gasteiger partial charge >= 0.3 is 5.97 Å². The maximum Gasteiger partial charge on any atom is 0.326 e. The number of pyridine rings is 1. The molecule has 12 heteroatoms. The normalized spacial score (nSPS) is 16.2. The standard InChI is InChI=1S/C25H25Cl2N5O5/c1-31(2)15-7-8-32(12-15)21-20(22(33)23(21)34)29-18(25(36)37)9-13-3-5-14(6-4-13)24(35)30-19-16(26)10-28-11-17(19)27/h3-6,10-11,15,18,29H,7-9,12H2,1-2H3,(H,36,37)(H,28,30,35)/t15-,18-/m0/s1. The number of benzene rings is 1. The Morgan fingerprint density at radius 2 is 1.76 bits per heavy atom. The Hall–Kier alpha value is -3.47. The van der Waals surface area contributed by atoms with Gasteiger partial charge in [0.05, 0.1) is 15.7 Å². The van der Waals surface area contributed by atoms with E-state index in [4.69, 9.17) is 23.2 Å². The number of carboxylic acid groups (broad SMARTS) is 1. The summed E-state index contributed by atoms with van der Waals surface area (Å²) in [4.78, 5) is 56.9. The van der Waals surface area contributed by atoms with Crippen LogP contribution in [0.4, 0.5) is 17.1 Å². The van der Waals surface area contributed by atoms with Gasteiger partial charge in [0.1, 0.15) is 17.4 Å². The van der Waals surface area contributed by atoms with Crippen molar-refractivity contribution in [1.82, 2.24) is 9.88 Å². The number of halogens is 2. The summed E-state index contributed by atoms with van der Waals surface area (Å²) in [5, 5.41) is 15.6. The van der Waals surface area contributed by atoms with Crippen LogP contribution in [0.3, 0.4) is 0 Å². The highest BCUT2D eigenvalue weighted by Gasteiger charge is 2.34. The Balaban J connectivity index is 1.45. The van der Waals surface area contributed by atoms with Crippen LogP contribution < -0.4 is 26.4 Å². The number of likely N-dealkylation sites (N-methyl/N-ethyl adjacent to an activating group) is 1. The van der Waals surface area contributed by atoms with E-state index in [2.05, 4.69) is 20.5 Å². The van der Waals surface area contributed by atoms with Gasteiger partial charge in [-0.2, -0.15) is 0 Å². The van der Waals surface area contributed by atoms with Gasteiger partial charge in [-0.3, -0.25) is 19.4 Å². The maximum atomic E-state index is 12.6. The molecule has 0 spiro atoms. The average Bonchev–Trinajstić information content (AvgIpc) is 3.35. The summed E-state index contributed by atoms with van der Waals surface area (Å²) in [7, 11) is 3.91. The highest BCUT2D eigenvalue weighted by Crippen LogP contribution is 2.29. The van der Waals surface area contributed by atoms with E-state index in [0.717, 1.165) is 6.42 Å². The molecule has 10 nitrogen and oxygen atoms in total. The van der Waals surface area contributed by atoms with Gasteiger partial charge in [0.15, 0.2) is 0 Å². The van der Waals surface area contributed by atoms with Gasteiger partial charge in [0.25, 0.3) is 16.8 Å². The third kappa shape index (κ3) is 5.61. The largest absolute Gasteiger partial charge is 0.480 e. The second-order valence-electron chi connectivity index (χ2n) is 9.10. The van der Waals surface area contributed by atoms with E-state index in [1.54, 1.807) is 24.3 Å². The molecule has 2 heterocycles. The van der Waals surface area contributed by atoms with Gasteiger partial charge in [-0.25, -0.2) is 4.79 Å². The first-order valence-corrected chi connectivity index (χ1v) is 12.3. The quantitative estimate of drug-likeness (QED) is 0.347. The van der Waals surface area contributed by atoms with Gasteiger partial charge in [-0.05, 0) is 38.2 Å². The molecule has 2 aromatic carbocycles. The summed E-state index contributed by atoms with van der Waals surface area (Å²) in [5.41, 5.74) is 0.138. The van der Waals surface area contributed by atoms with Crippen molar-refractivity contribution in [2.45, 2.75) is 24.9 Å². The van der Waals surface area contributed by atoms with Crippen LogP contribution in [0.25, 0.3) is 0 Å². The van der Waals surface area contributed by atoms with E-state index in [1.165, 1.54) is 12.4 Å². The minimum absolute atomic E-state index is 0.0256. The van der Waals surface area contributed by atoms with Gasteiger partial charge in [-0.1, -0.05) is 35.3 Å². The number of anilines is 3. The molecule has 4 rings (SSSR count). The summed E-state index contributed by atoms with van der Waals surface area (Å²) >= 11 is 12.1. The molecule has 3 N–H and O–H groups in total. The number of carbonyl (C=O) groups excluding carboxylic acids is 1. The minimum atomic E-state index is -1.17.